The van der Waals surface area contributed by atoms with Crippen molar-refractivity contribution in [1.82, 2.24) is 14.9 Å². The molecule has 1 heterocycles. The number of nitrogens with one attached hydrogen (secondary N) is 1. The van der Waals surface area contributed by atoms with E-state index in [0.29, 0.717) is 0 Å². The Kier molecular flexibility index (Phi) is 4.53. The lowest BCUT2D eigenvalue weighted by atomic mass is 10.1. The molecule has 0 aliphatic carbocycles. The molecule has 0 unspecified atom stereocenters. The second-order valence-corrected chi connectivity index (χ2v) is 4.69. The Morgan fingerprint density at radius 1 is 1.22 bits per heavy atom. The molecule has 0 saturated heterocycles. The van der Waals surface area contributed by atoms with Gasteiger partial charge in [0.05, 0.1) is 0 Å². The third kappa shape index (κ3) is 3.70. The molecule has 1 aromatic heterocycles. The van der Waals surface area contributed by atoms with E-state index in [1.807, 2.05) is 19.4 Å². The minimum Gasteiger partial charge on any atom is -0.338 e. The number of benzene rings is 1. The predicted molar refractivity (Wildman–Crippen MR) is 74.7 cm³/mol. The first-order chi connectivity index (χ1) is 8.75. The highest BCUT2D eigenvalue weighted by molar-refractivity contribution is 5.22. The third-order valence-corrected chi connectivity index (χ3v) is 3.12. The number of aromatic nitrogens is 2. The lowest BCUT2D eigenvalue weighted by Gasteiger charge is -2.06. The van der Waals surface area contributed by atoms with Gasteiger partial charge in [-0.05, 0) is 25.5 Å². The minimum atomic E-state index is 0.983. The molecule has 3 heteroatoms. The molecule has 0 spiro atoms. The number of imidazole rings is 1. The van der Waals surface area contributed by atoms with Gasteiger partial charge in [0.25, 0.3) is 0 Å². The summed E-state index contributed by atoms with van der Waals surface area (Å²) in [6.45, 7) is 4.14. The van der Waals surface area contributed by atoms with Crippen LogP contribution in [-0.2, 0) is 19.9 Å². The Hall–Kier alpha value is -1.61. The van der Waals surface area contributed by atoms with Crippen molar-refractivity contribution in [3.63, 3.8) is 0 Å². The Labute approximate surface area is 109 Å². The number of hydrogen-bond acceptors (Lipinski definition) is 2. The molecule has 0 saturated carbocycles. The van der Waals surface area contributed by atoms with Gasteiger partial charge in [0.1, 0.15) is 5.82 Å². The fourth-order valence-corrected chi connectivity index (χ4v) is 2.06. The van der Waals surface area contributed by atoms with E-state index >= 15 is 0 Å². The van der Waals surface area contributed by atoms with Crippen molar-refractivity contribution in [3.05, 3.63) is 53.6 Å². The van der Waals surface area contributed by atoms with Crippen molar-refractivity contribution in [2.24, 2.45) is 7.05 Å². The Balaban J connectivity index is 1.66. The van der Waals surface area contributed by atoms with Gasteiger partial charge >= 0.3 is 0 Å². The predicted octanol–water partition coefficient (Wildman–Crippen LogP) is 2.10. The van der Waals surface area contributed by atoms with Crippen LogP contribution in [0.2, 0.25) is 0 Å². The Bertz CT molecular complexity index is 488. The van der Waals surface area contributed by atoms with Gasteiger partial charge in [0.15, 0.2) is 0 Å². The molecule has 0 radical (unpaired) electrons. The second-order valence-electron chi connectivity index (χ2n) is 4.69. The zero-order chi connectivity index (χ0) is 12.8. The summed E-state index contributed by atoms with van der Waals surface area (Å²) < 4.78 is 2.07. The normalized spacial score (nSPS) is 10.8. The summed E-state index contributed by atoms with van der Waals surface area (Å²) in [5.41, 5.74) is 2.74. The van der Waals surface area contributed by atoms with Crippen LogP contribution < -0.4 is 5.32 Å². The minimum absolute atomic E-state index is 0.983. The van der Waals surface area contributed by atoms with E-state index in [4.69, 9.17) is 0 Å². The van der Waals surface area contributed by atoms with Crippen molar-refractivity contribution in [2.45, 2.75) is 19.8 Å². The first-order valence-corrected chi connectivity index (χ1v) is 6.48. The highest BCUT2D eigenvalue weighted by atomic mass is 15.0. The molecule has 96 valence electrons. The molecule has 0 aliphatic rings. The maximum Gasteiger partial charge on any atom is 0.109 e. The Morgan fingerprint density at radius 2 is 2.06 bits per heavy atom. The van der Waals surface area contributed by atoms with E-state index in [9.17, 15) is 0 Å². The van der Waals surface area contributed by atoms with E-state index in [-0.39, 0.29) is 0 Å². The summed E-state index contributed by atoms with van der Waals surface area (Å²) in [7, 11) is 2.04. The lowest BCUT2D eigenvalue weighted by Crippen LogP contribution is -2.21. The number of aryl methyl sites for hydroxylation is 2. The van der Waals surface area contributed by atoms with Crippen molar-refractivity contribution in [3.8, 4) is 0 Å². The van der Waals surface area contributed by atoms with Gasteiger partial charge in [-0.15, -0.1) is 0 Å². The van der Waals surface area contributed by atoms with Crippen LogP contribution in [0.25, 0.3) is 0 Å². The lowest BCUT2D eigenvalue weighted by molar-refractivity contribution is 0.653. The molecule has 3 nitrogen and oxygen atoms in total. The van der Waals surface area contributed by atoms with E-state index in [2.05, 4.69) is 46.1 Å². The summed E-state index contributed by atoms with van der Waals surface area (Å²) in [6, 6.07) is 8.70. The maximum atomic E-state index is 4.31. The van der Waals surface area contributed by atoms with Gasteiger partial charge in [0.2, 0.25) is 0 Å². The van der Waals surface area contributed by atoms with Crippen LogP contribution in [0.3, 0.4) is 0 Å². The van der Waals surface area contributed by atoms with E-state index < -0.39 is 0 Å². The van der Waals surface area contributed by atoms with E-state index in [0.717, 1.165) is 31.8 Å². The molecular weight excluding hydrogens is 222 g/mol. The van der Waals surface area contributed by atoms with Gasteiger partial charge < -0.3 is 9.88 Å². The van der Waals surface area contributed by atoms with Crippen molar-refractivity contribution < 1.29 is 0 Å². The molecule has 2 rings (SSSR count). The smallest absolute Gasteiger partial charge is 0.109 e. The summed E-state index contributed by atoms with van der Waals surface area (Å²) >= 11 is 0. The average molecular weight is 243 g/mol. The van der Waals surface area contributed by atoms with Crippen molar-refractivity contribution in [1.29, 1.82) is 0 Å². The summed E-state index contributed by atoms with van der Waals surface area (Å²) in [6.07, 6.45) is 5.91. The average Bonchev–Trinajstić information content (AvgIpc) is 2.75. The number of rotatable bonds is 6. The number of nitrogens with zero attached hydrogens (tertiary/aromatic N) is 2. The van der Waals surface area contributed by atoms with Crippen molar-refractivity contribution >= 4 is 0 Å². The fraction of sp³-hybridized carbons (Fsp3) is 0.400. The van der Waals surface area contributed by atoms with Gasteiger partial charge in [0, 0.05) is 32.4 Å². The zero-order valence-electron chi connectivity index (χ0n) is 11.2. The summed E-state index contributed by atoms with van der Waals surface area (Å²) in [5.74, 6) is 1.14. The molecule has 0 fully saturated rings. The third-order valence-electron chi connectivity index (χ3n) is 3.12. The molecule has 0 amide bonds. The molecular formula is C15H21N3. The van der Waals surface area contributed by atoms with Gasteiger partial charge in [-0.1, -0.05) is 29.8 Å². The SMILES string of the molecule is Cc1cccc(CCNCCc2nccn2C)c1. The van der Waals surface area contributed by atoms with Gasteiger partial charge in [-0.2, -0.15) is 0 Å². The van der Waals surface area contributed by atoms with Crippen LogP contribution in [-0.4, -0.2) is 22.6 Å². The number of hydrogen-bond donors (Lipinski definition) is 1. The van der Waals surface area contributed by atoms with E-state index in [1.165, 1.54) is 11.1 Å². The van der Waals surface area contributed by atoms with Gasteiger partial charge in [-0.3, -0.25) is 0 Å². The Morgan fingerprint density at radius 3 is 2.78 bits per heavy atom. The molecule has 0 aliphatic heterocycles. The highest BCUT2D eigenvalue weighted by Gasteiger charge is 1.98. The first kappa shape index (κ1) is 12.8. The van der Waals surface area contributed by atoms with Crippen LogP contribution in [0, 0.1) is 6.92 Å². The first-order valence-electron chi connectivity index (χ1n) is 6.48. The maximum absolute atomic E-state index is 4.31. The summed E-state index contributed by atoms with van der Waals surface area (Å²) in [4.78, 5) is 4.31. The van der Waals surface area contributed by atoms with Crippen LogP contribution in [0.15, 0.2) is 36.7 Å². The highest BCUT2D eigenvalue weighted by Crippen LogP contribution is 2.03. The molecule has 0 bridgehead atoms. The standard InChI is InChI=1S/C15H21N3/c1-13-4-3-5-14(12-13)6-8-16-9-7-15-17-10-11-18(15)2/h3-5,10-12,16H,6-9H2,1-2H3. The quantitative estimate of drug-likeness (QED) is 0.787. The van der Waals surface area contributed by atoms with E-state index in [1.54, 1.807) is 0 Å². The summed E-state index contributed by atoms with van der Waals surface area (Å²) in [5, 5.41) is 3.47. The zero-order valence-corrected chi connectivity index (χ0v) is 11.2. The largest absolute Gasteiger partial charge is 0.338 e. The molecule has 18 heavy (non-hydrogen) atoms. The topological polar surface area (TPSA) is 29.9 Å². The monoisotopic (exact) mass is 243 g/mol. The van der Waals surface area contributed by atoms with Crippen molar-refractivity contribution in [2.75, 3.05) is 13.1 Å². The molecule has 1 N–H and O–H groups in total. The molecule has 0 atom stereocenters. The molecule has 1 aromatic carbocycles. The fourth-order valence-electron chi connectivity index (χ4n) is 2.06. The van der Waals surface area contributed by atoms with Crippen LogP contribution in [0.5, 0.6) is 0 Å². The van der Waals surface area contributed by atoms with Crippen LogP contribution in [0.4, 0.5) is 0 Å². The molecule has 2 aromatic rings. The van der Waals surface area contributed by atoms with Gasteiger partial charge in [-0.25, -0.2) is 4.98 Å². The van der Waals surface area contributed by atoms with Crippen LogP contribution in [0.1, 0.15) is 17.0 Å². The second kappa shape index (κ2) is 6.36. The van der Waals surface area contributed by atoms with Crippen LogP contribution >= 0.6 is 0 Å².